The number of rotatable bonds is 1. The summed E-state index contributed by atoms with van der Waals surface area (Å²) in [5, 5.41) is 0.978. The molecule has 17 heavy (non-hydrogen) atoms. The van der Waals surface area contributed by atoms with Crippen LogP contribution < -0.4 is 0 Å². The summed E-state index contributed by atoms with van der Waals surface area (Å²) >= 11 is 0. The summed E-state index contributed by atoms with van der Waals surface area (Å²) in [6, 6.07) is 4.69. The largest absolute Gasteiger partial charge is 0.361 e. The zero-order valence-corrected chi connectivity index (χ0v) is 9.50. The van der Waals surface area contributed by atoms with Crippen LogP contribution in [-0.4, -0.2) is 10.8 Å². The third-order valence-corrected chi connectivity index (χ3v) is 3.61. The number of ketones is 1. The van der Waals surface area contributed by atoms with Crippen molar-refractivity contribution < 1.29 is 9.18 Å². The van der Waals surface area contributed by atoms with Gasteiger partial charge in [0.15, 0.2) is 0 Å². The Morgan fingerprint density at radius 1 is 1.29 bits per heavy atom. The van der Waals surface area contributed by atoms with E-state index >= 15 is 0 Å². The topological polar surface area (TPSA) is 32.9 Å². The molecular weight excluding hydrogens is 217 g/mol. The Kier molecular flexibility index (Phi) is 2.46. The van der Waals surface area contributed by atoms with Crippen LogP contribution in [0, 0.1) is 5.82 Å². The predicted molar refractivity (Wildman–Crippen MR) is 64.5 cm³/mol. The molecule has 2 aromatic rings. The summed E-state index contributed by atoms with van der Waals surface area (Å²) in [6.07, 6.45) is 5.57. The standard InChI is InChI=1S/C14H14FNO/c15-9-5-6-10-12(8-16-13(10)7-9)11-3-1-2-4-14(11)17/h5-8,11,16H,1-4H2. The molecule has 1 fully saturated rings. The lowest BCUT2D eigenvalue weighted by molar-refractivity contribution is -0.121. The van der Waals surface area contributed by atoms with Crippen molar-refractivity contribution in [3.63, 3.8) is 0 Å². The summed E-state index contributed by atoms with van der Waals surface area (Å²) in [5.41, 5.74) is 1.81. The average molecular weight is 231 g/mol. The number of benzene rings is 1. The molecule has 0 amide bonds. The van der Waals surface area contributed by atoms with Gasteiger partial charge in [-0.05, 0) is 36.6 Å². The van der Waals surface area contributed by atoms with E-state index in [9.17, 15) is 9.18 Å². The molecule has 1 aromatic carbocycles. The molecule has 1 saturated carbocycles. The van der Waals surface area contributed by atoms with Crippen LogP contribution in [0.3, 0.4) is 0 Å². The summed E-state index contributed by atoms with van der Waals surface area (Å²) in [5.74, 6) is 0.0744. The number of carbonyl (C=O) groups excluding carboxylic acids is 1. The number of hydrogen-bond acceptors (Lipinski definition) is 1. The third kappa shape index (κ3) is 1.75. The van der Waals surface area contributed by atoms with Crippen LogP contribution in [-0.2, 0) is 4.79 Å². The van der Waals surface area contributed by atoms with Gasteiger partial charge >= 0.3 is 0 Å². The van der Waals surface area contributed by atoms with Crippen LogP contribution in [0.25, 0.3) is 10.9 Å². The number of carbonyl (C=O) groups is 1. The van der Waals surface area contributed by atoms with Gasteiger partial charge in [0.25, 0.3) is 0 Å². The third-order valence-electron chi connectivity index (χ3n) is 3.61. The van der Waals surface area contributed by atoms with Crippen molar-refractivity contribution >= 4 is 16.7 Å². The smallest absolute Gasteiger partial charge is 0.140 e. The van der Waals surface area contributed by atoms with Crippen LogP contribution in [0.5, 0.6) is 0 Å². The summed E-state index contributed by atoms with van der Waals surface area (Å²) in [4.78, 5) is 15.0. The van der Waals surface area contributed by atoms with E-state index in [-0.39, 0.29) is 11.7 Å². The Bertz CT molecular complexity index is 573. The van der Waals surface area contributed by atoms with E-state index in [1.165, 1.54) is 12.1 Å². The predicted octanol–water partition coefficient (Wildman–Crippen LogP) is 3.53. The SMILES string of the molecule is O=C1CCCCC1c1c[nH]c2cc(F)ccc12. The van der Waals surface area contributed by atoms with Crippen LogP contribution in [0.4, 0.5) is 4.39 Å². The molecule has 3 heteroatoms. The van der Waals surface area contributed by atoms with Crippen molar-refractivity contribution in [1.82, 2.24) is 4.98 Å². The van der Waals surface area contributed by atoms with Crippen molar-refractivity contribution in [2.24, 2.45) is 0 Å². The Morgan fingerprint density at radius 2 is 2.18 bits per heavy atom. The number of H-pyrrole nitrogens is 1. The number of aromatic amines is 1. The van der Waals surface area contributed by atoms with E-state index in [0.29, 0.717) is 12.2 Å². The first-order chi connectivity index (χ1) is 8.25. The molecule has 88 valence electrons. The molecule has 2 nitrogen and oxygen atoms in total. The number of halogens is 1. The quantitative estimate of drug-likeness (QED) is 0.800. The highest BCUT2D eigenvalue weighted by atomic mass is 19.1. The molecule has 1 aliphatic rings. The molecule has 0 spiro atoms. The van der Waals surface area contributed by atoms with E-state index < -0.39 is 0 Å². The normalized spacial score (nSPS) is 21.0. The van der Waals surface area contributed by atoms with Gasteiger partial charge in [0, 0.05) is 29.4 Å². The van der Waals surface area contributed by atoms with Gasteiger partial charge in [-0.15, -0.1) is 0 Å². The fraction of sp³-hybridized carbons (Fsp3) is 0.357. The van der Waals surface area contributed by atoms with Crippen LogP contribution in [0.2, 0.25) is 0 Å². The van der Waals surface area contributed by atoms with E-state index in [1.54, 1.807) is 6.07 Å². The molecular formula is C14H14FNO. The second kappa shape index (κ2) is 3.99. The molecule has 1 aliphatic carbocycles. The van der Waals surface area contributed by atoms with Gasteiger partial charge in [-0.2, -0.15) is 0 Å². The van der Waals surface area contributed by atoms with Gasteiger partial charge in [0.05, 0.1) is 0 Å². The first kappa shape index (κ1) is 10.5. The Labute approximate surface area is 98.8 Å². The van der Waals surface area contributed by atoms with Gasteiger partial charge in [-0.1, -0.05) is 6.42 Å². The van der Waals surface area contributed by atoms with E-state index in [0.717, 1.165) is 35.7 Å². The number of hydrogen-bond donors (Lipinski definition) is 1. The molecule has 0 aliphatic heterocycles. The van der Waals surface area contributed by atoms with Crippen molar-refractivity contribution in [2.45, 2.75) is 31.6 Å². The minimum Gasteiger partial charge on any atom is -0.361 e. The maximum absolute atomic E-state index is 13.1. The maximum Gasteiger partial charge on any atom is 0.140 e. The van der Waals surface area contributed by atoms with Gasteiger partial charge in [-0.3, -0.25) is 4.79 Å². The molecule has 3 rings (SSSR count). The fourth-order valence-corrected chi connectivity index (χ4v) is 2.72. The molecule has 1 atom stereocenters. The number of fused-ring (bicyclic) bond motifs is 1. The highest BCUT2D eigenvalue weighted by molar-refractivity contribution is 5.93. The highest BCUT2D eigenvalue weighted by Crippen LogP contribution is 2.34. The van der Waals surface area contributed by atoms with Gasteiger partial charge < -0.3 is 4.98 Å². The molecule has 0 radical (unpaired) electrons. The second-order valence-corrected chi connectivity index (χ2v) is 4.70. The molecule has 1 heterocycles. The lowest BCUT2D eigenvalue weighted by Gasteiger charge is -2.19. The Hall–Kier alpha value is -1.64. The van der Waals surface area contributed by atoms with Crippen molar-refractivity contribution in [1.29, 1.82) is 0 Å². The van der Waals surface area contributed by atoms with Crippen molar-refractivity contribution in [2.75, 3.05) is 0 Å². The summed E-state index contributed by atoms with van der Waals surface area (Å²) in [7, 11) is 0. The number of Topliss-reactive ketones (excluding diaryl/α,β-unsaturated/α-hetero) is 1. The lowest BCUT2D eigenvalue weighted by atomic mass is 9.83. The fourth-order valence-electron chi connectivity index (χ4n) is 2.72. The summed E-state index contributed by atoms with van der Waals surface area (Å²) < 4.78 is 13.1. The summed E-state index contributed by atoms with van der Waals surface area (Å²) in [6.45, 7) is 0. The molecule has 0 bridgehead atoms. The first-order valence-electron chi connectivity index (χ1n) is 6.05. The second-order valence-electron chi connectivity index (χ2n) is 4.70. The monoisotopic (exact) mass is 231 g/mol. The molecule has 0 saturated heterocycles. The Balaban J connectivity index is 2.08. The highest BCUT2D eigenvalue weighted by Gasteiger charge is 2.25. The van der Waals surface area contributed by atoms with E-state index in [2.05, 4.69) is 4.98 Å². The molecule has 1 N–H and O–H groups in total. The minimum absolute atomic E-state index is 0.00274. The van der Waals surface area contributed by atoms with E-state index in [1.807, 2.05) is 6.20 Å². The first-order valence-corrected chi connectivity index (χ1v) is 6.05. The van der Waals surface area contributed by atoms with Gasteiger partial charge in [0.2, 0.25) is 0 Å². The minimum atomic E-state index is -0.249. The van der Waals surface area contributed by atoms with Crippen LogP contribution >= 0.6 is 0 Å². The van der Waals surface area contributed by atoms with Gasteiger partial charge in [-0.25, -0.2) is 4.39 Å². The van der Waals surface area contributed by atoms with E-state index in [4.69, 9.17) is 0 Å². The van der Waals surface area contributed by atoms with Crippen LogP contribution in [0.1, 0.15) is 37.2 Å². The van der Waals surface area contributed by atoms with Gasteiger partial charge in [0.1, 0.15) is 11.6 Å². The van der Waals surface area contributed by atoms with Crippen molar-refractivity contribution in [3.8, 4) is 0 Å². The molecule has 1 aromatic heterocycles. The Morgan fingerprint density at radius 3 is 3.00 bits per heavy atom. The number of nitrogens with one attached hydrogen (secondary N) is 1. The van der Waals surface area contributed by atoms with Crippen LogP contribution in [0.15, 0.2) is 24.4 Å². The number of aromatic nitrogens is 1. The lowest BCUT2D eigenvalue weighted by Crippen LogP contribution is -2.16. The van der Waals surface area contributed by atoms with Crippen molar-refractivity contribution in [3.05, 3.63) is 35.8 Å². The zero-order valence-electron chi connectivity index (χ0n) is 9.50. The zero-order chi connectivity index (χ0) is 11.8. The average Bonchev–Trinajstić information content (AvgIpc) is 2.72. The molecule has 1 unspecified atom stereocenters. The maximum atomic E-state index is 13.1.